The lowest BCUT2D eigenvalue weighted by Gasteiger charge is -2.11. The molecule has 11 heteroatoms. The summed E-state index contributed by atoms with van der Waals surface area (Å²) in [6, 6.07) is 11.9. The number of halogens is 1. The van der Waals surface area contributed by atoms with Gasteiger partial charge in [0, 0.05) is 5.39 Å². The van der Waals surface area contributed by atoms with Crippen molar-refractivity contribution < 1.29 is 23.0 Å². The molecule has 3 aromatic rings. The minimum absolute atomic E-state index is 0.0138. The number of nitro groups is 1. The van der Waals surface area contributed by atoms with E-state index in [0.717, 1.165) is 17.5 Å². The third kappa shape index (κ3) is 3.58. The fourth-order valence-corrected chi connectivity index (χ4v) is 3.55. The second-order valence-electron chi connectivity index (χ2n) is 5.31. The van der Waals surface area contributed by atoms with Crippen LogP contribution in [-0.4, -0.2) is 23.0 Å². The fourth-order valence-electron chi connectivity index (χ4n) is 2.48. The summed E-state index contributed by atoms with van der Waals surface area (Å²) in [4.78, 5) is 8.88. The van der Waals surface area contributed by atoms with E-state index in [9.17, 15) is 28.2 Å². The van der Waals surface area contributed by atoms with Gasteiger partial charge in [0.15, 0.2) is 4.90 Å². The molecular formula is C16H9ClN3O6S-. The summed E-state index contributed by atoms with van der Waals surface area (Å²) < 4.78 is 34.7. The molecule has 0 saturated heterocycles. The minimum atomic E-state index is -5.28. The maximum absolute atomic E-state index is 11.6. The molecule has 0 spiro atoms. The van der Waals surface area contributed by atoms with Gasteiger partial charge in [-0.3, -0.25) is 10.1 Å². The van der Waals surface area contributed by atoms with Crippen LogP contribution in [0.25, 0.3) is 10.8 Å². The molecule has 0 unspecified atom stereocenters. The number of nitro benzene ring substituents is 1. The van der Waals surface area contributed by atoms with Crippen molar-refractivity contribution in [2.24, 2.45) is 10.2 Å². The summed E-state index contributed by atoms with van der Waals surface area (Å²) in [7, 11) is -5.28. The SMILES string of the molecule is O=[N+]([O-])c1c(Cl)ccc(N=Nc2c(O)ccc3ccccc23)c1S(=O)(=O)[O-]. The van der Waals surface area contributed by atoms with E-state index in [2.05, 4.69) is 10.2 Å². The van der Waals surface area contributed by atoms with Crippen LogP contribution < -0.4 is 0 Å². The van der Waals surface area contributed by atoms with Crippen molar-refractivity contribution in [3.05, 3.63) is 63.7 Å². The first-order valence-electron chi connectivity index (χ1n) is 7.25. The van der Waals surface area contributed by atoms with Crippen LogP contribution in [0.4, 0.5) is 17.1 Å². The van der Waals surface area contributed by atoms with Crippen molar-refractivity contribution in [2.75, 3.05) is 0 Å². The number of hydrogen-bond donors (Lipinski definition) is 1. The molecular weight excluding hydrogens is 398 g/mol. The predicted molar refractivity (Wildman–Crippen MR) is 95.9 cm³/mol. The number of phenols is 1. The van der Waals surface area contributed by atoms with Gasteiger partial charge in [-0.1, -0.05) is 41.9 Å². The second-order valence-corrected chi connectivity index (χ2v) is 7.03. The van der Waals surface area contributed by atoms with Gasteiger partial charge in [-0.15, -0.1) is 10.2 Å². The molecule has 0 heterocycles. The highest BCUT2D eigenvalue weighted by atomic mass is 35.5. The normalized spacial score (nSPS) is 11.9. The van der Waals surface area contributed by atoms with E-state index in [1.165, 1.54) is 6.07 Å². The average Bonchev–Trinajstić information content (AvgIpc) is 2.60. The molecule has 3 rings (SSSR count). The van der Waals surface area contributed by atoms with Gasteiger partial charge in [0.2, 0.25) is 0 Å². The maximum Gasteiger partial charge on any atom is 0.307 e. The standard InChI is InChI=1S/C16H10ClN3O6S/c17-11-6-7-12(16(27(24,25)26)15(11)20(22)23)18-19-14-10-4-2-1-3-9(10)5-8-13(14)21/h1-8,21H,(H,24,25,26)/p-1. The zero-order chi connectivity index (χ0) is 19.8. The van der Waals surface area contributed by atoms with E-state index in [4.69, 9.17) is 11.6 Å². The van der Waals surface area contributed by atoms with Gasteiger partial charge in [0.05, 0.1) is 4.92 Å². The van der Waals surface area contributed by atoms with Crippen molar-refractivity contribution >= 4 is 49.6 Å². The van der Waals surface area contributed by atoms with Gasteiger partial charge in [0.25, 0.3) is 0 Å². The van der Waals surface area contributed by atoms with E-state index in [1.807, 2.05) is 0 Å². The van der Waals surface area contributed by atoms with E-state index in [-0.39, 0.29) is 11.4 Å². The molecule has 0 aliphatic heterocycles. The lowest BCUT2D eigenvalue weighted by molar-refractivity contribution is -0.387. The lowest BCUT2D eigenvalue weighted by atomic mass is 10.1. The van der Waals surface area contributed by atoms with Crippen molar-refractivity contribution in [1.29, 1.82) is 0 Å². The summed E-state index contributed by atoms with van der Waals surface area (Å²) in [5, 5.41) is 29.4. The Morgan fingerprint density at radius 3 is 2.41 bits per heavy atom. The molecule has 3 aromatic carbocycles. The van der Waals surface area contributed by atoms with Crippen LogP contribution in [0.3, 0.4) is 0 Å². The van der Waals surface area contributed by atoms with Crippen molar-refractivity contribution in [3.8, 4) is 5.75 Å². The summed E-state index contributed by atoms with van der Waals surface area (Å²) >= 11 is 5.67. The quantitative estimate of drug-likeness (QED) is 0.293. The van der Waals surface area contributed by atoms with E-state index < -0.39 is 36.3 Å². The molecule has 0 atom stereocenters. The van der Waals surface area contributed by atoms with Gasteiger partial charge in [0.1, 0.15) is 32.3 Å². The van der Waals surface area contributed by atoms with Crippen molar-refractivity contribution in [1.82, 2.24) is 0 Å². The van der Waals surface area contributed by atoms with Crippen LogP contribution in [0.2, 0.25) is 5.02 Å². The number of fused-ring (bicyclic) bond motifs is 1. The van der Waals surface area contributed by atoms with Crippen LogP contribution in [-0.2, 0) is 10.1 Å². The Hall–Kier alpha value is -3.08. The van der Waals surface area contributed by atoms with E-state index in [1.54, 1.807) is 30.3 Å². The fraction of sp³-hybridized carbons (Fsp3) is 0. The Kier molecular flexibility index (Phi) is 4.79. The van der Waals surface area contributed by atoms with Gasteiger partial charge in [-0.25, -0.2) is 8.42 Å². The van der Waals surface area contributed by atoms with Crippen LogP contribution in [0, 0.1) is 10.1 Å². The van der Waals surface area contributed by atoms with Crippen LogP contribution in [0.5, 0.6) is 5.75 Å². The molecule has 138 valence electrons. The highest BCUT2D eigenvalue weighted by Gasteiger charge is 2.27. The van der Waals surface area contributed by atoms with Crippen LogP contribution >= 0.6 is 11.6 Å². The Bertz CT molecular complexity index is 1210. The van der Waals surface area contributed by atoms with Crippen molar-refractivity contribution in [3.63, 3.8) is 0 Å². The molecule has 0 bridgehead atoms. The van der Waals surface area contributed by atoms with Gasteiger partial charge < -0.3 is 9.66 Å². The largest absolute Gasteiger partial charge is 0.744 e. The lowest BCUT2D eigenvalue weighted by Crippen LogP contribution is -2.04. The maximum atomic E-state index is 11.6. The first-order valence-corrected chi connectivity index (χ1v) is 9.04. The number of rotatable bonds is 4. The predicted octanol–water partition coefficient (Wildman–Crippen LogP) is 4.43. The van der Waals surface area contributed by atoms with Crippen molar-refractivity contribution in [2.45, 2.75) is 4.90 Å². The summed E-state index contributed by atoms with van der Waals surface area (Å²) in [6.07, 6.45) is 0. The third-order valence-electron chi connectivity index (χ3n) is 3.63. The number of nitrogens with zero attached hydrogens (tertiary/aromatic N) is 3. The van der Waals surface area contributed by atoms with E-state index in [0.29, 0.717) is 5.39 Å². The topological polar surface area (TPSA) is 145 Å². The summed E-state index contributed by atoms with van der Waals surface area (Å²) in [6.45, 7) is 0. The number of aromatic hydroxyl groups is 1. The third-order valence-corrected chi connectivity index (χ3v) is 4.84. The average molecular weight is 407 g/mol. The van der Waals surface area contributed by atoms with Crippen LogP contribution in [0.1, 0.15) is 0 Å². The second kappa shape index (κ2) is 6.91. The molecule has 0 aliphatic rings. The zero-order valence-corrected chi connectivity index (χ0v) is 14.8. The first-order chi connectivity index (χ1) is 12.7. The smallest absolute Gasteiger partial charge is 0.307 e. The Labute approximate surface area is 157 Å². The minimum Gasteiger partial charge on any atom is -0.744 e. The summed E-state index contributed by atoms with van der Waals surface area (Å²) in [5.74, 6) is -0.243. The first kappa shape index (κ1) is 18.7. The number of azo groups is 1. The Morgan fingerprint density at radius 2 is 1.74 bits per heavy atom. The molecule has 0 aromatic heterocycles. The van der Waals surface area contributed by atoms with Gasteiger partial charge in [-0.2, -0.15) is 0 Å². The number of benzene rings is 3. The molecule has 0 saturated carbocycles. The molecule has 1 N–H and O–H groups in total. The van der Waals surface area contributed by atoms with Gasteiger partial charge >= 0.3 is 5.69 Å². The van der Waals surface area contributed by atoms with Gasteiger partial charge in [-0.05, 0) is 23.6 Å². The molecule has 0 amide bonds. The Balaban J connectivity index is 2.25. The highest BCUT2D eigenvalue weighted by molar-refractivity contribution is 7.86. The highest BCUT2D eigenvalue weighted by Crippen LogP contribution is 2.41. The molecule has 0 radical (unpaired) electrons. The molecule has 9 nitrogen and oxygen atoms in total. The van der Waals surface area contributed by atoms with E-state index >= 15 is 0 Å². The molecule has 27 heavy (non-hydrogen) atoms. The number of phenolic OH excluding ortho intramolecular Hbond substituents is 1. The summed E-state index contributed by atoms with van der Waals surface area (Å²) in [5.41, 5.74) is -1.63. The number of hydrogen-bond acceptors (Lipinski definition) is 8. The molecule has 0 aliphatic carbocycles. The molecule has 0 fully saturated rings. The monoisotopic (exact) mass is 406 g/mol. The zero-order valence-electron chi connectivity index (χ0n) is 13.2. The Morgan fingerprint density at radius 1 is 1.04 bits per heavy atom. The van der Waals surface area contributed by atoms with Crippen LogP contribution in [0.15, 0.2) is 63.7 Å².